The summed E-state index contributed by atoms with van der Waals surface area (Å²) in [4.78, 5) is 24.7. The molecule has 2 unspecified atom stereocenters. The molecule has 0 amide bonds. The fraction of sp³-hybridized carbons (Fsp3) is 0.970. The van der Waals surface area contributed by atoms with Crippen molar-refractivity contribution < 1.29 is 37.3 Å². The molecule has 0 aliphatic rings. The zero-order chi connectivity index (χ0) is 31.4. The molecular formula is C33H68NO7P. The molecule has 2 atom stereocenters. The third-order valence-electron chi connectivity index (χ3n) is 7.41. The topological polar surface area (TPSA) is 94.1 Å². The highest BCUT2D eigenvalue weighted by molar-refractivity contribution is 7.45. The van der Waals surface area contributed by atoms with Gasteiger partial charge in [-0.05, 0) is 12.8 Å². The largest absolute Gasteiger partial charge is 0.756 e. The highest BCUT2D eigenvalue weighted by atomic mass is 31.2. The number of quaternary nitrogens is 1. The molecule has 0 bridgehead atoms. The van der Waals surface area contributed by atoms with Crippen LogP contribution in [0.2, 0.25) is 0 Å². The number of likely N-dealkylation sites (N-methyl/N-ethyl adjacent to an activating group) is 1. The summed E-state index contributed by atoms with van der Waals surface area (Å²) in [6.07, 6.45) is 23.9. The maximum atomic E-state index is 12.5. The van der Waals surface area contributed by atoms with E-state index in [1.54, 1.807) is 0 Å². The van der Waals surface area contributed by atoms with Gasteiger partial charge in [0.15, 0.2) is 0 Å². The number of rotatable bonds is 32. The molecule has 0 saturated heterocycles. The quantitative estimate of drug-likeness (QED) is 0.0322. The summed E-state index contributed by atoms with van der Waals surface area (Å²) >= 11 is 0. The number of ether oxygens (including phenoxy) is 2. The Hall–Kier alpha value is -0.500. The van der Waals surface area contributed by atoms with Gasteiger partial charge in [-0.15, -0.1) is 0 Å². The molecule has 42 heavy (non-hydrogen) atoms. The van der Waals surface area contributed by atoms with Crippen molar-refractivity contribution in [2.24, 2.45) is 0 Å². The average Bonchev–Trinajstić information content (AvgIpc) is 2.92. The molecule has 252 valence electrons. The Kier molecular flexibility index (Phi) is 27.7. The second-order valence-electron chi connectivity index (χ2n) is 12.9. The van der Waals surface area contributed by atoms with Crippen LogP contribution in [-0.4, -0.2) is 70.7 Å². The second kappa shape index (κ2) is 28.0. The molecule has 0 rings (SSSR count). The highest BCUT2D eigenvalue weighted by Crippen LogP contribution is 2.38. The summed E-state index contributed by atoms with van der Waals surface area (Å²) in [6.45, 7) is 5.40. The van der Waals surface area contributed by atoms with E-state index in [0.29, 0.717) is 24.1 Å². The molecule has 0 aromatic carbocycles. The number of carbonyl (C=O) groups is 1. The normalized spacial score (nSPS) is 14.1. The first-order valence-electron chi connectivity index (χ1n) is 17.3. The lowest BCUT2D eigenvalue weighted by Crippen LogP contribution is -2.37. The van der Waals surface area contributed by atoms with Crippen LogP contribution in [0, 0.1) is 0 Å². The van der Waals surface area contributed by atoms with Gasteiger partial charge in [0, 0.05) is 13.0 Å². The third-order valence-corrected chi connectivity index (χ3v) is 8.37. The predicted molar refractivity (Wildman–Crippen MR) is 171 cm³/mol. The first kappa shape index (κ1) is 41.5. The SMILES string of the molecule is CCCCCCCCCCCCOCC(COP(=O)([O-])OCC[N+](C)(C)C)OC(=O)CCCCCCCCCCCC. The molecule has 0 saturated carbocycles. The number of hydrogen-bond donors (Lipinski definition) is 0. The van der Waals surface area contributed by atoms with Crippen LogP contribution in [0.25, 0.3) is 0 Å². The summed E-state index contributed by atoms with van der Waals surface area (Å²) in [5, 5.41) is 0. The van der Waals surface area contributed by atoms with Gasteiger partial charge in [-0.1, -0.05) is 129 Å². The molecule has 0 fully saturated rings. The Labute approximate surface area is 259 Å². The Bertz CT molecular complexity index is 657. The summed E-state index contributed by atoms with van der Waals surface area (Å²) in [6, 6.07) is 0. The molecule has 0 aliphatic carbocycles. The van der Waals surface area contributed by atoms with E-state index >= 15 is 0 Å². The summed E-state index contributed by atoms with van der Waals surface area (Å²) < 4.78 is 34.3. The van der Waals surface area contributed by atoms with Crippen molar-refractivity contribution in [3.8, 4) is 0 Å². The minimum absolute atomic E-state index is 0.0305. The molecule has 0 aliphatic heterocycles. The van der Waals surface area contributed by atoms with Crippen LogP contribution in [0.4, 0.5) is 0 Å². The number of phosphoric acid groups is 1. The second-order valence-corrected chi connectivity index (χ2v) is 14.3. The summed E-state index contributed by atoms with van der Waals surface area (Å²) in [5.41, 5.74) is 0. The fourth-order valence-corrected chi connectivity index (χ4v) is 5.39. The number of unbranched alkanes of at least 4 members (excludes halogenated alkanes) is 18. The molecule has 9 heteroatoms. The molecule has 0 aromatic rings. The molecule has 0 radical (unpaired) electrons. The summed E-state index contributed by atoms with van der Waals surface area (Å²) in [7, 11) is 1.36. The van der Waals surface area contributed by atoms with Gasteiger partial charge in [-0.3, -0.25) is 9.36 Å². The molecular weight excluding hydrogens is 553 g/mol. The Morgan fingerprint density at radius 1 is 0.643 bits per heavy atom. The van der Waals surface area contributed by atoms with Crippen LogP contribution in [0.3, 0.4) is 0 Å². The van der Waals surface area contributed by atoms with Gasteiger partial charge in [0.25, 0.3) is 7.82 Å². The van der Waals surface area contributed by atoms with E-state index in [-0.39, 0.29) is 25.8 Å². The van der Waals surface area contributed by atoms with Gasteiger partial charge in [0.05, 0.1) is 34.4 Å². The van der Waals surface area contributed by atoms with Gasteiger partial charge in [0.1, 0.15) is 19.3 Å². The molecule has 0 heterocycles. The first-order chi connectivity index (χ1) is 20.1. The molecule has 0 N–H and O–H groups in total. The van der Waals surface area contributed by atoms with E-state index < -0.39 is 13.9 Å². The van der Waals surface area contributed by atoms with E-state index in [1.807, 2.05) is 21.1 Å². The predicted octanol–water partition coefficient (Wildman–Crippen LogP) is 8.35. The maximum absolute atomic E-state index is 12.5. The van der Waals surface area contributed by atoms with Crippen molar-refractivity contribution in [1.29, 1.82) is 0 Å². The van der Waals surface area contributed by atoms with Crippen molar-refractivity contribution in [2.75, 3.05) is 54.1 Å². The van der Waals surface area contributed by atoms with Crippen LogP contribution in [0.1, 0.15) is 149 Å². The van der Waals surface area contributed by atoms with E-state index in [9.17, 15) is 14.3 Å². The third kappa shape index (κ3) is 30.9. The van der Waals surface area contributed by atoms with Crippen LogP contribution in [-0.2, 0) is 27.9 Å². The Morgan fingerprint density at radius 3 is 1.57 bits per heavy atom. The Morgan fingerprint density at radius 2 is 1.10 bits per heavy atom. The fourth-order valence-electron chi connectivity index (χ4n) is 4.66. The van der Waals surface area contributed by atoms with Gasteiger partial charge in [-0.25, -0.2) is 0 Å². The van der Waals surface area contributed by atoms with E-state index in [0.717, 1.165) is 32.1 Å². The standard InChI is InChI=1S/C33H68NO7P/c1-6-8-10-12-14-16-18-20-22-24-26-33(35)41-32(31-40-42(36,37)39-29-27-34(3,4)5)30-38-28-25-23-21-19-17-15-13-11-9-7-2/h32H,6-31H2,1-5H3. The van der Waals surface area contributed by atoms with Crippen LogP contribution in [0.5, 0.6) is 0 Å². The number of hydrogen-bond acceptors (Lipinski definition) is 7. The molecule has 0 spiro atoms. The zero-order valence-electron chi connectivity index (χ0n) is 28.2. The number of nitrogens with zero attached hydrogens (tertiary/aromatic N) is 1. The maximum Gasteiger partial charge on any atom is 0.306 e. The van der Waals surface area contributed by atoms with Crippen molar-refractivity contribution in [3.63, 3.8) is 0 Å². The van der Waals surface area contributed by atoms with Crippen molar-refractivity contribution in [2.45, 2.75) is 155 Å². The lowest BCUT2D eigenvalue weighted by Gasteiger charge is -2.28. The lowest BCUT2D eigenvalue weighted by molar-refractivity contribution is -0.870. The van der Waals surface area contributed by atoms with Crippen molar-refractivity contribution >= 4 is 13.8 Å². The first-order valence-corrected chi connectivity index (χ1v) is 18.7. The highest BCUT2D eigenvalue weighted by Gasteiger charge is 2.20. The van der Waals surface area contributed by atoms with E-state index in [2.05, 4.69) is 13.8 Å². The summed E-state index contributed by atoms with van der Waals surface area (Å²) in [5.74, 6) is -0.336. The van der Waals surface area contributed by atoms with Gasteiger partial charge < -0.3 is 27.9 Å². The minimum Gasteiger partial charge on any atom is -0.756 e. The van der Waals surface area contributed by atoms with Crippen LogP contribution < -0.4 is 4.89 Å². The van der Waals surface area contributed by atoms with Crippen molar-refractivity contribution in [1.82, 2.24) is 0 Å². The Balaban J connectivity index is 4.34. The van der Waals surface area contributed by atoms with Gasteiger partial charge >= 0.3 is 5.97 Å². The van der Waals surface area contributed by atoms with Crippen molar-refractivity contribution in [3.05, 3.63) is 0 Å². The smallest absolute Gasteiger partial charge is 0.306 e. The van der Waals surface area contributed by atoms with E-state index in [4.69, 9.17) is 18.5 Å². The van der Waals surface area contributed by atoms with Gasteiger partial charge in [-0.2, -0.15) is 0 Å². The average molecular weight is 622 g/mol. The lowest BCUT2D eigenvalue weighted by atomic mass is 10.1. The minimum atomic E-state index is -4.50. The van der Waals surface area contributed by atoms with Crippen LogP contribution >= 0.6 is 7.82 Å². The zero-order valence-corrected chi connectivity index (χ0v) is 29.1. The van der Waals surface area contributed by atoms with Gasteiger partial charge in [0.2, 0.25) is 0 Å². The molecule has 8 nitrogen and oxygen atoms in total. The van der Waals surface area contributed by atoms with Crippen LogP contribution in [0.15, 0.2) is 0 Å². The number of carbonyl (C=O) groups excluding carboxylic acids is 1. The van der Waals surface area contributed by atoms with E-state index in [1.165, 1.54) is 96.3 Å². The number of esters is 1. The molecule has 0 aromatic heterocycles. The number of phosphoric ester groups is 1. The monoisotopic (exact) mass is 621 g/mol.